The molecule has 6 rings (SSSR count). The van der Waals surface area contributed by atoms with E-state index in [2.05, 4.69) is 107 Å². The van der Waals surface area contributed by atoms with E-state index >= 15 is 0 Å². The van der Waals surface area contributed by atoms with Crippen LogP contribution >= 0.6 is 11.3 Å². The van der Waals surface area contributed by atoms with E-state index in [0.29, 0.717) is 0 Å². The van der Waals surface area contributed by atoms with Crippen molar-refractivity contribution in [3.8, 4) is 16.3 Å². The summed E-state index contributed by atoms with van der Waals surface area (Å²) < 4.78 is 2.37. The first kappa shape index (κ1) is 19.9. The number of pyridine rings is 1. The lowest BCUT2D eigenvalue weighted by Crippen LogP contribution is -2.20. The molecule has 0 radical (unpaired) electrons. The second-order valence-electron chi connectivity index (χ2n) is 8.81. The van der Waals surface area contributed by atoms with Gasteiger partial charge in [0.15, 0.2) is 0 Å². The van der Waals surface area contributed by atoms with Crippen molar-refractivity contribution >= 4 is 33.1 Å². The van der Waals surface area contributed by atoms with Gasteiger partial charge >= 0.3 is 0 Å². The molecular formula is C29H23N3S. The predicted octanol–water partition coefficient (Wildman–Crippen LogP) is 7.63. The van der Waals surface area contributed by atoms with Gasteiger partial charge in [-0.3, -0.25) is 4.98 Å². The van der Waals surface area contributed by atoms with E-state index < -0.39 is 0 Å². The molecular weight excluding hydrogens is 422 g/mol. The maximum Gasteiger partial charge on any atom is 0.123 e. The highest BCUT2D eigenvalue weighted by atomic mass is 32.1. The molecule has 0 aliphatic heterocycles. The van der Waals surface area contributed by atoms with Crippen LogP contribution in [0.25, 0.3) is 38.1 Å². The number of nitrogens with zero attached hydrogens (tertiary/aromatic N) is 3. The zero-order chi connectivity index (χ0) is 22.4. The van der Waals surface area contributed by atoms with Gasteiger partial charge in [0.2, 0.25) is 0 Å². The van der Waals surface area contributed by atoms with Crippen LogP contribution in [0.1, 0.15) is 25.1 Å². The molecule has 0 unspecified atom stereocenters. The second kappa shape index (κ2) is 7.68. The van der Waals surface area contributed by atoms with Crippen LogP contribution in [0.2, 0.25) is 0 Å². The predicted molar refractivity (Wildman–Crippen MR) is 138 cm³/mol. The van der Waals surface area contributed by atoms with Crippen LogP contribution in [0.5, 0.6) is 0 Å². The number of thiazole rings is 1. The molecule has 160 valence electrons. The molecule has 0 fully saturated rings. The van der Waals surface area contributed by atoms with Crippen molar-refractivity contribution in [3.63, 3.8) is 0 Å². The fourth-order valence-corrected chi connectivity index (χ4v) is 5.30. The Morgan fingerprint density at radius 1 is 0.727 bits per heavy atom. The third-order valence-corrected chi connectivity index (χ3v) is 7.31. The largest absolute Gasteiger partial charge is 0.309 e. The first-order chi connectivity index (χ1) is 16.1. The Morgan fingerprint density at radius 3 is 2.39 bits per heavy atom. The molecule has 0 aliphatic rings. The molecule has 3 nitrogen and oxygen atoms in total. The summed E-state index contributed by atoms with van der Waals surface area (Å²) in [6.45, 7) is 4.47. The molecule has 0 amide bonds. The number of hydrogen-bond donors (Lipinski definition) is 0. The number of aromatic nitrogens is 3. The van der Waals surface area contributed by atoms with E-state index in [1.54, 1.807) is 11.3 Å². The fraction of sp³-hybridized carbons (Fsp3) is 0.103. The summed E-state index contributed by atoms with van der Waals surface area (Å²) in [5, 5.41) is 5.57. The van der Waals surface area contributed by atoms with Crippen LogP contribution in [-0.4, -0.2) is 14.5 Å². The molecule has 6 aromatic rings. The Hall–Kier alpha value is -3.76. The first-order valence-electron chi connectivity index (χ1n) is 11.1. The minimum atomic E-state index is -0.206. The average molecular weight is 446 g/mol. The maximum absolute atomic E-state index is 4.65. The van der Waals surface area contributed by atoms with Gasteiger partial charge in [0, 0.05) is 45.2 Å². The molecule has 0 saturated carbocycles. The van der Waals surface area contributed by atoms with Gasteiger partial charge in [-0.05, 0) is 42.0 Å². The average Bonchev–Trinajstić information content (AvgIpc) is 3.51. The molecule has 0 atom stereocenters. The van der Waals surface area contributed by atoms with Gasteiger partial charge in [0.25, 0.3) is 0 Å². The van der Waals surface area contributed by atoms with Crippen LogP contribution < -0.4 is 0 Å². The second-order valence-corrected chi connectivity index (χ2v) is 9.71. The van der Waals surface area contributed by atoms with Gasteiger partial charge in [-0.15, -0.1) is 11.3 Å². The molecule has 0 spiro atoms. The van der Waals surface area contributed by atoms with E-state index in [9.17, 15) is 0 Å². The van der Waals surface area contributed by atoms with E-state index in [1.165, 1.54) is 27.4 Å². The third kappa shape index (κ3) is 3.26. The first-order valence-corrected chi connectivity index (χ1v) is 12.0. The Morgan fingerprint density at radius 2 is 1.58 bits per heavy atom. The molecule has 3 aromatic carbocycles. The van der Waals surface area contributed by atoms with Crippen molar-refractivity contribution in [2.24, 2.45) is 0 Å². The molecule has 0 N–H and O–H groups in total. The van der Waals surface area contributed by atoms with Crippen LogP contribution in [0, 0.1) is 0 Å². The number of hydrogen-bond acceptors (Lipinski definition) is 3. The van der Waals surface area contributed by atoms with Gasteiger partial charge in [0.1, 0.15) is 5.01 Å². The number of rotatable bonds is 4. The Bertz CT molecular complexity index is 1580. The molecule has 4 heteroatoms. The van der Waals surface area contributed by atoms with Gasteiger partial charge in [-0.25, -0.2) is 4.98 Å². The van der Waals surface area contributed by atoms with Crippen LogP contribution in [0.4, 0.5) is 0 Å². The van der Waals surface area contributed by atoms with Gasteiger partial charge in [-0.2, -0.15) is 0 Å². The summed E-state index contributed by atoms with van der Waals surface area (Å²) in [4.78, 5) is 9.18. The molecule has 3 heterocycles. The molecule has 3 aromatic heterocycles. The summed E-state index contributed by atoms with van der Waals surface area (Å²) in [5.41, 5.74) is 6.79. The summed E-state index contributed by atoms with van der Waals surface area (Å²) >= 11 is 1.67. The lowest BCUT2D eigenvalue weighted by Gasteiger charge is -2.25. The third-order valence-electron chi connectivity index (χ3n) is 6.48. The van der Waals surface area contributed by atoms with E-state index in [-0.39, 0.29) is 5.41 Å². The molecule has 0 saturated heterocycles. The number of fused-ring (bicyclic) bond motifs is 3. The van der Waals surface area contributed by atoms with E-state index in [0.717, 1.165) is 22.0 Å². The highest BCUT2D eigenvalue weighted by Crippen LogP contribution is 2.37. The highest BCUT2D eigenvalue weighted by molar-refractivity contribution is 7.13. The molecule has 33 heavy (non-hydrogen) atoms. The Balaban J connectivity index is 1.59. The van der Waals surface area contributed by atoms with Crippen molar-refractivity contribution in [3.05, 3.63) is 114 Å². The van der Waals surface area contributed by atoms with Gasteiger partial charge in [0.05, 0.1) is 16.7 Å². The Labute approximate surface area is 197 Å². The zero-order valence-electron chi connectivity index (χ0n) is 18.6. The fourth-order valence-electron chi connectivity index (χ4n) is 4.66. The van der Waals surface area contributed by atoms with Crippen LogP contribution in [0.15, 0.2) is 103 Å². The lowest BCUT2D eigenvalue weighted by atomic mass is 9.81. The minimum absolute atomic E-state index is 0.206. The summed E-state index contributed by atoms with van der Waals surface area (Å²) in [7, 11) is 0. The molecule has 0 aliphatic carbocycles. The van der Waals surface area contributed by atoms with Gasteiger partial charge < -0.3 is 4.57 Å². The highest BCUT2D eigenvalue weighted by Gasteiger charge is 2.25. The summed E-state index contributed by atoms with van der Waals surface area (Å²) in [6, 6.07) is 30.3. The van der Waals surface area contributed by atoms with Crippen molar-refractivity contribution in [2.75, 3.05) is 0 Å². The van der Waals surface area contributed by atoms with Crippen molar-refractivity contribution in [1.82, 2.24) is 14.5 Å². The zero-order valence-corrected chi connectivity index (χ0v) is 19.4. The lowest BCUT2D eigenvalue weighted by molar-refractivity contribution is 0.616. The van der Waals surface area contributed by atoms with Crippen molar-refractivity contribution in [1.29, 1.82) is 0 Å². The van der Waals surface area contributed by atoms with Crippen LogP contribution in [0.3, 0.4) is 0 Å². The minimum Gasteiger partial charge on any atom is -0.309 e. The SMILES string of the molecule is CC(C)(c1cccc(-n2c3ccccc3c3ccc(-c4nccs4)cc32)c1)c1ccccn1. The van der Waals surface area contributed by atoms with Gasteiger partial charge in [-0.1, -0.05) is 62.4 Å². The number of benzene rings is 3. The molecule has 0 bridgehead atoms. The van der Waals surface area contributed by atoms with E-state index in [4.69, 9.17) is 0 Å². The smallest absolute Gasteiger partial charge is 0.123 e. The van der Waals surface area contributed by atoms with Crippen molar-refractivity contribution in [2.45, 2.75) is 19.3 Å². The normalized spacial score (nSPS) is 11.9. The standard InChI is InChI=1S/C29H23N3S/c1-29(2,27-12-5-6-15-30-27)21-8-7-9-22(19-21)32-25-11-4-3-10-23(25)24-14-13-20(18-26(24)32)28-31-16-17-33-28/h3-19H,1-2H3. The summed E-state index contributed by atoms with van der Waals surface area (Å²) in [5.74, 6) is 0. The number of para-hydroxylation sites is 1. The maximum atomic E-state index is 4.65. The van der Waals surface area contributed by atoms with E-state index in [1.807, 2.05) is 23.8 Å². The monoisotopic (exact) mass is 445 g/mol. The quantitative estimate of drug-likeness (QED) is 0.279. The topological polar surface area (TPSA) is 30.7 Å². The summed E-state index contributed by atoms with van der Waals surface area (Å²) in [6.07, 6.45) is 3.73. The van der Waals surface area contributed by atoms with Crippen molar-refractivity contribution < 1.29 is 0 Å². The van der Waals surface area contributed by atoms with Crippen LogP contribution in [-0.2, 0) is 5.41 Å². The Kier molecular flexibility index (Phi) is 4.63.